The van der Waals surface area contributed by atoms with Gasteiger partial charge in [-0.05, 0) is 30.7 Å². The van der Waals surface area contributed by atoms with E-state index in [0.717, 1.165) is 0 Å². The standard InChI is InChI=1S/C11H8FNO2/c1-6-8-4-7(12)2-3-10(8)13-11(15)9(6)5-14/h2-5H,1H3,(H,13,15). The normalized spacial score (nSPS) is 10.5. The van der Waals surface area contributed by atoms with E-state index in [9.17, 15) is 14.0 Å². The number of hydrogen-bond donors (Lipinski definition) is 1. The number of nitrogens with one attached hydrogen (secondary N) is 1. The minimum atomic E-state index is -0.443. The molecule has 4 heteroatoms. The number of aldehydes is 1. The number of fused-ring (bicyclic) bond motifs is 1. The summed E-state index contributed by atoms with van der Waals surface area (Å²) in [7, 11) is 0. The first-order valence-electron chi connectivity index (χ1n) is 4.41. The molecule has 0 amide bonds. The van der Waals surface area contributed by atoms with Gasteiger partial charge in [0.15, 0.2) is 6.29 Å². The summed E-state index contributed by atoms with van der Waals surface area (Å²) in [5.41, 5.74) is 0.641. The van der Waals surface area contributed by atoms with Gasteiger partial charge in [-0.2, -0.15) is 0 Å². The summed E-state index contributed by atoms with van der Waals surface area (Å²) in [6, 6.07) is 4.04. The summed E-state index contributed by atoms with van der Waals surface area (Å²) in [5, 5.41) is 0.553. The molecule has 0 saturated heterocycles. The minimum absolute atomic E-state index is 0.0492. The highest BCUT2D eigenvalue weighted by molar-refractivity contribution is 5.89. The summed E-state index contributed by atoms with van der Waals surface area (Å²) in [6.07, 6.45) is 0.485. The van der Waals surface area contributed by atoms with E-state index in [2.05, 4.69) is 4.98 Å². The molecule has 1 aromatic heterocycles. The predicted octanol–water partition coefficient (Wildman–Crippen LogP) is 1.79. The average molecular weight is 205 g/mol. The summed E-state index contributed by atoms with van der Waals surface area (Å²) in [6.45, 7) is 1.63. The second kappa shape index (κ2) is 3.31. The minimum Gasteiger partial charge on any atom is -0.321 e. The molecule has 1 aromatic carbocycles. The van der Waals surface area contributed by atoms with E-state index < -0.39 is 11.4 Å². The number of pyridine rings is 1. The smallest absolute Gasteiger partial charge is 0.259 e. The van der Waals surface area contributed by atoms with Crippen LogP contribution in [-0.2, 0) is 0 Å². The van der Waals surface area contributed by atoms with E-state index in [1.807, 2.05) is 0 Å². The van der Waals surface area contributed by atoms with E-state index in [1.165, 1.54) is 18.2 Å². The van der Waals surface area contributed by atoms with Gasteiger partial charge in [0.2, 0.25) is 0 Å². The zero-order valence-corrected chi connectivity index (χ0v) is 8.00. The molecule has 0 aliphatic carbocycles. The Hall–Kier alpha value is -1.97. The highest BCUT2D eigenvalue weighted by Gasteiger charge is 2.08. The third-order valence-electron chi connectivity index (χ3n) is 2.40. The fraction of sp³-hybridized carbons (Fsp3) is 0.0909. The van der Waals surface area contributed by atoms with Crippen LogP contribution in [0.5, 0.6) is 0 Å². The zero-order chi connectivity index (χ0) is 11.0. The van der Waals surface area contributed by atoms with E-state index in [-0.39, 0.29) is 5.56 Å². The van der Waals surface area contributed by atoms with Crippen molar-refractivity contribution < 1.29 is 9.18 Å². The largest absolute Gasteiger partial charge is 0.321 e. The Morgan fingerprint density at radius 3 is 2.80 bits per heavy atom. The third kappa shape index (κ3) is 1.44. The lowest BCUT2D eigenvalue weighted by molar-refractivity contribution is 0.112. The van der Waals surface area contributed by atoms with Crippen molar-refractivity contribution in [2.45, 2.75) is 6.92 Å². The Bertz CT molecular complexity index is 601. The molecular formula is C11H8FNO2. The Morgan fingerprint density at radius 2 is 2.13 bits per heavy atom. The molecule has 0 spiro atoms. The van der Waals surface area contributed by atoms with Crippen LogP contribution in [0.4, 0.5) is 4.39 Å². The number of benzene rings is 1. The Kier molecular flexibility index (Phi) is 2.11. The molecule has 0 unspecified atom stereocenters. The molecule has 0 aliphatic rings. The molecule has 3 nitrogen and oxygen atoms in total. The molecule has 76 valence electrons. The molecule has 15 heavy (non-hydrogen) atoms. The van der Waals surface area contributed by atoms with Crippen LogP contribution in [0.3, 0.4) is 0 Å². The van der Waals surface area contributed by atoms with E-state index in [0.29, 0.717) is 22.8 Å². The van der Waals surface area contributed by atoms with E-state index in [4.69, 9.17) is 0 Å². The van der Waals surface area contributed by atoms with Crippen molar-refractivity contribution in [3.8, 4) is 0 Å². The summed E-state index contributed by atoms with van der Waals surface area (Å²) < 4.78 is 13.0. The number of aromatic amines is 1. The fourth-order valence-electron chi connectivity index (χ4n) is 1.58. The molecule has 0 radical (unpaired) electrons. The fourth-order valence-corrected chi connectivity index (χ4v) is 1.58. The first kappa shape index (κ1) is 9.58. The van der Waals surface area contributed by atoms with Gasteiger partial charge >= 0.3 is 0 Å². The van der Waals surface area contributed by atoms with Crippen molar-refractivity contribution in [1.29, 1.82) is 0 Å². The number of rotatable bonds is 1. The molecule has 1 heterocycles. The van der Waals surface area contributed by atoms with Gasteiger partial charge in [0, 0.05) is 10.9 Å². The van der Waals surface area contributed by atoms with Crippen molar-refractivity contribution in [3.05, 3.63) is 45.5 Å². The van der Waals surface area contributed by atoms with E-state index >= 15 is 0 Å². The number of hydrogen-bond acceptors (Lipinski definition) is 2. The summed E-state index contributed by atoms with van der Waals surface area (Å²) in [4.78, 5) is 24.6. The summed E-state index contributed by atoms with van der Waals surface area (Å²) in [5.74, 6) is -0.394. The maximum atomic E-state index is 13.0. The first-order chi connectivity index (χ1) is 7.13. The Balaban J connectivity index is 2.98. The molecule has 0 atom stereocenters. The second-order valence-corrected chi connectivity index (χ2v) is 3.30. The SMILES string of the molecule is Cc1c(C=O)c(=O)[nH]c2ccc(F)cc12. The van der Waals surface area contributed by atoms with Gasteiger partial charge in [-0.3, -0.25) is 9.59 Å². The third-order valence-corrected chi connectivity index (χ3v) is 2.40. The average Bonchev–Trinajstić information content (AvgIpc) is 2.20. The van der Waals surface area contributed by atoms with Gasteiger partial charge < -0.3 is 4.98 Å². The molecule has 0 bridgehead atoms. The van der Waals surface area contributed by atoms with Crippen molar-refractivity contribution in [2.24, 2.45) is 0 Å². The van der Waals surface area contributed by atoms with E-state index in [1.54, 1.807) is 6.92 Å². The summed E-state index contributed by atoms with van der Waals surface area (Å²) >= 11 is 0. The van der Waals surface area contributed by atoms with Gasteiger partial charge in [-0.15, -0.1) is 0 Å². The molecule has 0 fully saturated rings. The molecule has 0 saturated carbocycles. The molecule has 1 N–H and O–H groups in total. The Morgan fingerprint density at radius 1 is 1.40 bits per heavy atom. The highest BCUT2D eigenvalue weighted by Crippen LogP contribution is 2.17. The number of halogens is 1. The van der Waals surface area contributed by atoms with Crippen LogP contribution < -0.4 is 5.56 Å². The second-order valence-electron chi connectivity index (χ2n) is 3.30. The predicted molar refractivity (Wildman–Crippen MR) is 54.7 cm³/mol. The molecule has 2 rings (SSSR count). The lowest BCUT2D eigenvalue weighted by atomic mass is 10.1. The Labute approximate surface area is 84.6 Å². The van der Waals surface area contributed by atoms with Crippen LogP contribution in [0.2, 0.25) is 0 Å². The van der Waals surface area contributed by atoms with Crippen LogP contribution in [0.1, 0.15) is 15.9 Å². The van der Waals surface area contributed by atoms with Crippen molar-refractivity contribution >= 4 is 17.2 Å². The zero-order valence-electron chi connectivity index (χ0n) is 8.00. The number of carbonyl (C=O) groups excluding carboxylic acids is 1. The lowest BCUT2D eigenvalue weighted by Crippen LogP contribution is -2.14. The van der Waals surface area contributed by atoms with Crippen LogP contribution >= 0.6 is 0 Å². The monoisotopic (exact) mass is 205 g/mol. The van der Waals surface area contributed by atoms with Crippen LogP contribution in [-0.4, -0.2) is 11.3 Å². The van der Waals surface area contributed by atoms with Gasteiger partial charge in [-0.1, -0.05) is 0 Å². The lowest BCUT2D eigenvalue weighted by Gasteiger charge is -2.03. The van der Waals surface area contributed by atoms with Gasteiger partial charge in [0.1, 0.15) is 5.82 Å². The highest BCUT2D eigenvalue weighted by atomic mass is 19.1. The molecule has 0 aliphatic heterocycles. The van der Waals surface area contributed by atoms with Crippen LogP contribution in [0.25, 0.3) is 10.9 Å². The van der Waals surface area contributed by atoms with Crippen LogP contribution in [0, 0.1) is 12.7 Å². The number of aryl methyl sites for hydroxylation is 1. The molecule has 2 aromatic rings. The maximum Gasteiger partial charge on any atom is 0.259 e. The number of aromatic nitrogens is 1. The maximum absolute atomic E-state index is 13.0. The van der Waals surface area contributed by atoms with Crippen molar-refractivity contribution in [3.63, 3.8) is 0 Å². The van der Waals surface area contributed by atoms with Crippen LogP contribution in [0.15, 0.2) is 23.0 Å². The van der Waals surface area contributed by atoms with Crippen molar-refractivity contribution in [1.82, 2.24) is 4.98 Å². The van der Waals surface area contributed by atoms with Gasteiger partial charge in [-0.25, -0.2) is 4.39 Å². The first-order valence-corrected chi connectivity index (χ1v) is 4.41. The number of carbonyl (C=O) groups is 1. The topological polar surface area (TPSA) is 49.9 Å². The van der Waals surface area contributed by atoms with Gasteiger partial charge in [0.25, 0.3) is 5.56 Å². The number of H-pyrrole nitrogens is 1. The van der Waals surface area contributed by atoms with Crippen molar-refractivity contribution in [2.75, 3.05) is 0 Å². The quantitative estimate of drug-likeness (QED) is 0.721. The molecular weight excluding hydrogens is 197 g/mol. The van der Waals surface area contributed by atoms with Gasteiger partial charge in [0.05, 0.1) is 5.56 Å².